The summed E-state index contributed by atoms with van der Waals surface area (Å²) in [7, 11) is 0. The lowest BCUT2D eigenvalue weighted by Gasteiger charge is -2.26. The Kier molecular flexibility index (Phi) is 4.33. The molecule has 2 amide bonds. The van der Waals surface area contributed by atoms with Gasteiger partial charge in [0.1, 0.15) is 9.88 Å². The summed E-state index contributed by atoms with van der Waals surface area (Å²) in [5.41, 5.74) is 0.480. The molecule has 2 rings (SSSR count). The van der Waals surface area contributed by atoms with E-state index in [0.717, 1.165) is 11.3 Å². The Labute approximate surface area is 114 Å². The van der Waals surface area contributed by atoms with E-state index in [2.05, 4.69) is 10.3 Å². The standard InChI is InChI=1S/C11H15N3O4S/c1-7-9(10(15)16)19-8(13-7)6-12-11(17)14-2-4-18-5-3-14/h2-6H2,1H3,(H,12,17)(H,15,16). The molecular formula is C11H15N3O4S. The molecule has 2 heterocycles. The molecule has 1 fully saturated rings. The molecule has 0 radical (unpaired) electrons. The van der Waals surface area contributed by atoms with Crippen molar-refractivity contribution in [3.8, 4) is 0 Å². The van der Waals surface area contributed by atoms with Gasteiger partial charge in [0, 0.05) is 13.1 Å². The molecule has 0 aliphatic carbocycles. The summed E-state index contributed by atoms with van der Waals surface area (Å²) < 4.78 is 5.16. The number of carbonyl (C=O) groups is 2. The van der Waals surface area contributed by atoms with Crippen LogP contribution in [0, 0.1) is 6.92 Å². The number of aromatic nitrogens is 1. The number of hydrogen-bond donors (Lipinski definition) is 2. The van der Waals surface area contributed by atoms with Gasteiger partial charge in [0.15, 0.2) is 0 Å². The van der Waals surface area contributed by atoms with Gasteiger partial charge in [-0.05, 0) is 6.92 Å². The number of amides is 2. The molecule has 2 N–H and O–H groups in total. The summed E-state index contributed by atoms with van der Waals surface area (Å²) in [4.78, 5) is 28.7. The van der Waals surface area contributed by atoms with Gasteiger partial charge < -0.3 is 20.1 Å². The number of morpholine rings is 1. The highest BCUT2D eigenvalue weighted by Gasteiger charge is 2.18. The Morgan fingerprint density at radius 2 is 2.16 bits per heavy atom. The second-order valence-electron chi connectivity index (χ2n) is 4.09. The first kappa shape index (κ1) is 13.8. The number of urea groups is 1. The maximum atomic E-state index is 11.8. The normalized spacial score (nSPS) is 15.3. The van der Waals surface area contributed by atoms with Crippen molar-refractivity contribution < 1.29 is 19.4 Å². The predicted molar refractivity (Wildman–Crippen MR) is 68.4 cm³/mol. The lowest BCUT2D eigenvalue weighted by molar-refractivity contribution is 0.0531. The van der Waals surface area contributed by atoms with Gasteiger partial charge in [-0.2, -0.15) is 0 Å². The molecule has 1 saturated heterocycles. The van der Waals surface area contributed by atoms with Crippen LogP contribution in [-0.2, 0) is 11.3 Å². The van der Waals surface area contributed by atoms with Gasteiger partial charge >= 0.3 is 12.0 Å². The Morgan fingerprint density at radius 1 is 1.47 bits per heavy atom. The van der Waals surface area contributed by atoms with Gasteiger partial charge in [-0.15, -0.1) is 11.3 Å². The van der Waals surface area contributed by atoms with Crippen LogP contribution in [-0.4, -0.2) is 53.3 Å². The molecule has 0 saturated carbocycles. The summed E-state index contributed by atoms with van der Waals surface area (Å²) >= 11 is 1.09. The molecule has 0 bridgehead atoms. The lowest BCUT2D eigenvalue weighted by atomic mass is 10.4. The summed E-state index contributed by atoms with van der Waals surface area (Å²) in [5, 5.41) is 12.2. The zero-order valence-electron chi connectivity index (χ0n) is 10.5. The van der Waals surface area contributed by atoms with E-state index in [-0.39, 0.29) is 17.5 Å². The van der Waals surface area contributed by atoms with Crippen molar-refractivity contribution in [2.45, 2.75) is 13.5 Å². The molecule has 0 aromatic carbocycles. The second kappa shape index (κ2) is 5.98. The molecule has 1 aromatic heterocycles. The number of aryl methyl sites for hydroxylation is 1. The highest BCUT2D eigenvalue weighted by molar-refractivity contribution is 7.13. The van der Waals surface area contributed by atoms with Crippen LogP contribution < -0.4 is 5.32 Å². The summed E-state index contributed by atoms with van der Waals surface area (Å²) in [5.74, 6) is -0.985. The number of nitrogens with one attached hydrogen (secondary N) is 1. The topological polar surface area (TPSA) is 91.8 Å². The van der Waals surface area contributed by atoms with Crippen molar-refractivity contribution in [3.63, 3.8) is 0 Å². The fourth-order valence-electron chi connectivity index (χ4n) is 1.76. The molecule has 1 aliphatic heterocycles. The number of aromatic carboxylic acids is 1. The van der Waals surface area contributed by atoms with Crippen molar-refractivity contribution in [2.75, 3.05) is 26.3 Å². The largest absolute Gasteiger partial charge is 0.477 e. The lowest BCUT2D eigenvalue weighted by Crippen LogP contribution is -2.45. The molecule has 7 nitrogen and oxygen atoms in total. The number of hydrogen-bond acceptors (Lipinski definition) is 5. The van der Waals surface area contributed by atoms with Crippen LogP contribution in [0.4, 0.5) is 4.79 Å². The molecule has 1 aromatic rings. The number of carboxylic acids is 1. The molecule has 1 aliphatic rings. The first-order valence-electron chi connectivity index (χ1n) is 5.88. The van der Waals surface area contributed by atoms with Gasteiger partial charge in [-0.25, -0.2) is 14.6 Å². The van der Waals surface area contributed by atoms with E-state index >= 15 is 0 Å². The van der Waals surface area contributed by atoms with Gasteiger partial charge in [-0.3, -0.25) is 0 Å². The zero-order chi connectivity index (χ0) is 13.8. The Morgan fingerprint density at radius 3 is 2.74 bits per heavy atom. The van der Waals surface area contributed by atoms with Crippen molar-refractivity contribution in [3.05, 3.63) is 15.6 Å². The van der Waals surface area contributed by atoms with Crippen LogP contribution in [0.15, 0.2) is 0 Å². The quantitative estimate of drug-likeness (QED) is 0.852. The zero-order valence-corrected chi connectivity index (χ0v) is 11.3. The Balaban J connectivity index is 1.89. The summed E-state index contributed by atoms with van der Waals surface area (Å²) in [6, 6.07) is -0.173. The van der Waals surface area contributed by atoms with E-state index in [0.29, 0.717) is 37.0 Å². The average molecular weight is 285 g/mol. The number of ether oxygens (including phenoxy) is 1. The molecule has 8 heteroatoms. The molecular weight excluding hydrogens is 270 g/mol. The number of nitrogens with zero attached hydrogens (tertiary/aromatic N) is 2. The van der Waals surface area contributed by atoms with Crippen molar-refractivity contribution in [1.29, 1.82) is 0 Å². The van der Waals surface area contributed by atoms with Crippen LogP contribution in [0.1, 0.15) is 20.4 Å². The molecule has 0 unspecified atom stereocenters. The van der Waals surface area contributed by atoms with Crippen LogP contribution >= 0.6 is 11.3 Å². The van der Waals surface area contributed by atoms with E-state index in [1.54, 1.807) is 11.8 Å². The van der Waals surface area contributed by atoms with Crippen molar-refractivity contribution in [1.82, 2.24) is 15.2 Å². The predicted octanol–water partition coefficient (Wildman–Crippen LogP) is 0.692. The first-order chi connectivity index (χ1) is 9.08. The van der Waals surface area contributed by atoms with Crippen LogP contribution in [0.5, 0.6) is 0 Å². The summed E-state index contributed by atoms with van der Waals surface area (Å²) in [6.07, 6.45) is 0. The SMILES string of the molecule is Cc1nc(CNC(=O)N2CCOCC2)sc1C(=O)O. The van der Waals surface area contributed by atoms with Crippen molar-refractivity contribution >= 4 is 23.3 Å². The van der Waals surface area contributed by atoms with E-state index in [1.807, 2.05) is 0 Å². The minimum absolute atomic E-state index is 0.173. The second-order valence-corrected chi connectivity index (χ2v) is 5.17. The minimum Gasteiger partial charge on any atom is -0.477 e. The molecule has 104 valence electrons. The summed E-state index contributed by atoms with van der Waals surface area (Å²) in [6.45, 7) is 4.13. The molecule has 0 atom stereocenters. The average Bonchev–Trinajstić information content (AvgIpc) is 2.78. The van der Waals surface area contributed by atoms with E-state index in [4.69, 9.17) is 9.84 Å². The highest BCUT2D eigenvalue weighted by atomic mass is 32.1. The van der Waals surface area contributed by atoms with E-state index in [9.17, 15) is 9.59 Å². The van der Waals surface area contributed by atoms with Gasteiger partial charge in [0.25, 0.3) is 0 Å². The highest BCUT2D eigenvalue weighted by Crippen LogP contribution is 2.17. The van der Waals surface area contributed by atoms with Crippen molar-refractivity contribution in [2.24, 2.45) is 0 Å². The van der Waals surface area contributed by atoms with Crippen LogP contribution in [0.2, 0.25) is 0 Å². The minimum atomic E-state index is -0.985. The third-order valence-corrected chi connectivity index (χ3v) is 3.87. The fourth-order valence-corrected chi connectivity index (χ4v) is 2.60. The van der Waals surface area contributed by atoms with Crippen LogP contribution in [0.3, 0.4) is 0 Å². The Bertz CT molecular complexity index is 482. The van der Waals surface area contributed by atoms with Crippen LogP contribution in [0.25, 0.3) is 0 Å². The Hall–Kier alpha value is -1.67. The van der Waals surface area contributed by atoms with E-state index < -0.39 is 5.97 Å². The van der Waals surface area contributed by atoms with Gasteiger partial charge in [-0.1, -0.05) is 0 Å². The van der Waals surface area contributed by atoms with Gasteiger partial charge in [0.2, 0.25) is 0 Å². The number of thiazole rings is 1. The number of carbonyl (C=O) groups excluding carboxylic acids is 1. The smallest absolute Gasteiger partial charge is 0.347 e. The maximum absolute atomic E-state index is 11.8. The maximum Gasteiger partial charge on any atom is 0.347 e. The number of carboxylic acid groups (broad SMARTS) is 1. The van der Waals surface area contributed by atoms with E-state index in [1.165, 1.54) is 0 Å². The third kappa shape index (κ3) is 3.42. The van der Waals surface area contributed by atoms with Gasteiger partial charge in [0.05, 0.1) is 25.5 Å². The molecule has 0 spiro atoms. The monoisotopic (exact) mass is 285 g/mol. The first-order valence-corrected chi connectivity index (χ1v) is 6.69. The fraction of sp³-hybridized carbons (Fsp3) is 0.545. The molecule has 19 heavy (non-hydrogen) atoms. The number of rotatable bonds is 3. The third-order valence-electron chi connectivity index (χ3n) is 2.72.